The molecule has 1 fully saturated rings. The number of aromatic amines is 1. The van der Waals surface area contributed by atoms with Crippen LogP contribution in [0.4, 0.5) is 0 Å². The molecule has 142 valence electrons. The summed E-state index contributed by atoms with van der Waals surface area (Å²) in [6.45, 7) is 5.97. The van der Waals surface area contributed by atoms with E-state index in [0.717, 1.165) is 13.1 Å². The van der Waals surface area contributed by atoms with E-state index in [1.165, 1.54) is 37.2 Å². The molecule has 0 amide bonds. The Morgan fingerprint density at radius 3 is 2.85 bits per heavy atom. The molecule has 1 aliphatic carbocycles. The van der Waals surface area contributed by atoms with Gasteiger partial charge < -0.3 is 19.5 Å². The van der Waals surface area contributed by atoms with Crippen LogP contribution >= 0.6 is 0 Å². The lowest BCUT2D eigenvalue weighted by atomic mass is 9.77. The van der Waals surface area contributed by atoms with E-state index in [-0.39, 0.29) is 5.56 Å². The van der Waals surface area contributed by atoms with Crippen LogP contribution in [0.5, 0.6) is 5.75 Å². The van der Waals surface area contributed by atoms with Gasteiger partial charge in [-0.05, 0) is 26.7 Å². The molecule has 26 heavy (non-hydrogen) atoms. The summed E-state index contributed by atoms with van der Waals surface area (Å²) in [5.74, 6) is 1.34. The average molecular weight is 359 g/mol. The molecule has 1 aromatic rings. The van der Waals surface area contributed by atoms with Crippen LogP contribution in [0.1, 0.15) is 49.9 Å². The van der Waals surface area contributed by atoms with E-state index in [0.29, 0.717) is 42.1 Å². The molecule has 0 radical (unpaired) electrons. The molecule has 2 aliphatic rings. The Balaban J connectivity index is 1.75. The van der Waals surface area contributed by atoms with E-state index >= 15 is 0 Å². The zero-order valence-electron chi connectivity index (χ0n) is 15.9. The molecule has 1 N–H and O–H groups in total. The van der Waals surface area contributed by atoms with Crippen LogP contribution in [0.15, 0.2) is 29.0 Å². The van der Waals surface area contributed by atoms with Gasteiger partial charge in [0.05, 0.1) is 18.8 Å². The molecule has 1 aliphatic heterocycles. The van der Waals surface area contributed by atoms with Crippen LogP contribution in [-0.2, 0) is 0 Å². The van der Waals surface area contributed by atoms with Gasteiger partial charge in [-0.3, -0.25) is 9.59 Å². The van der Waals surface area contributed by atoms with Crippen molar-refractivity contribution >= 4 is 6.29 Å². The minimum Gasteiger partial charge on any atom is -0.491 e. The Labute approximate surface area is 154 Å². The lowest BCUT2D eigenvalue weighted by Gasteiger charge is -2.37. The molecule has 0 aromatic carbocycles. The fraction of sp³-hybridized carbons (Fsp3) is 0.600. The maximum absolute atomic E-state index is 11.4. The fourth-order valence-corrected chi connectivity index (χ4v) is 4.12. The summed E-state index contributed by atoms with van der Waals surface area (Å²) in [6, 6.07) is 1.76. The number of pyridine rings is 1. The second-order valence-corrected chi connectivity index (χ2v) is 7.71. The predicted octanol–water partition coefficient (Wildman–Crippen LogP) is 2.83. The smallest absolute Gasteiger partial charge is 0.248 e. The van der Waals surface area contributed by atoms with Crippen LogP contribution in [0.3, 0.4) is 0 Å². The third-order valence-corrected chi connectivity index (χ3v) is 5.47. The Hall–Kier alpha value is -2.24. The summed E-state index contributed by atoms with van der Waals surface area (Å²) in [5, 5.41) is 0. The van der Waals surface area contributed by atoms with Crippen LogP contribution in [0.25, 0.3) is 0 Å². The number of nitrogens with zero attached hydrogens (tertiary/aromatic N) is 2. The Morgan fingerprint density at radius 2 is 2.12 bits per heavy atom. The van der Waals surface area contributed by atoms with Gasteiger partial charge in [0.2, 0.25) is 5.56 Å². The highest BCUT2D eigenvalue weighted by Crippen LogP contribution is 2.39. The van der Waals surface area contributed by atoms with E-state index in [4.69, 9.17) is 4.74 Å². The van der Waals surface area contributed by atoms with Crippen molar-refractivity contribution in [3.8, 4) is 5.75 Å². The number of aldehydes is 1. The summed E-state index contributed by atoms with van der Waals surface area (Å²) < 4.78 is 5.97. The highest BCUT2D eigenvalue weighted by atomic mass is 16.5. The number of carbonyl (C=O) groups excluding carboxylic acids is 1. The normalized spacial score (nSPS) is 23.3. The highest BCUT2D eigenvalue weighted by molar-refractivity contribution is 5.78. The first kappa shape index (κ1) is 18.5. The summed E-state index contributed by atoms with van der Waals surface area (Å²) >= 11 is 0. The lowest BCUT2D eigenvalue weighted by Crippen LogP contribution is -2.37. The number of rotatable bonds is 6. The molecule has 2 atom stereocenters. The number of hydrogen-bond donors (Lipinski definition) is 1. The van der Waals surface area contributed by atoms with Gasteiger partial charge in [0.1, 0.15) is 5.75 Å². The molecule has 6 nitrogen and oxygen atoms in total. The van der Waals surface area contributed by atoms with Gasteiger partial charge in [0.15, 0.2) is 6.29 Å². The van der Waals surface area contributed by atoms with Crippen LogP contribution in [-0.4, -0.2) is 47.4 Å². The lowest BCUT2D eigenvalue weighted by molar-refractivity contribution is 0.111. The Kier molecular flexibility index (Phi) is 5.69. The van der Waals surface area contributed by atoms with E-state index in [1.807, 2.05) is 0 Å². The average Bonchev–Trinajstić information content (AvgIpc) is 3.02. The largest absolute Gasteiger partial charge is 0.491 e. The first-order valence-corrected chi connectivity index (χ1v) is 9.49. The minimum absolute atomic E-state index is 0.290. The minimum atomic E-state index is -0.290. The van der Waals surface area contributed by atoms with Crippen LogP contribution in [0.2, 0.25) is 0 Å². The zero-order valence-corrected chi connectivity index (χ0v) is 15.9. The van der Waals surface area contributed by atoms with Crippen LogP contribution in [0, 0.1) is 11.8 Å². The second kappa shape index (κ2) is 7.98. The van der Waals surface area contributed by atoms with Crippen molar-refractivity contribution in [1.29, 1.82) is 0 Å². The van der Waals surface area contributed by atoms with E-state index in [2.05, 4.69) is 41.9 Å². The van der Waals surface area contributed by atoms with Crippen molar-refractivity contribution in [3.63, 3.8) is 0 Å². The quantitative estimate of drug-likeness (QED) is 0.791. The summed E-state index contributed by atoms with van der Waals surface area (Å²) in [5.41, 5.74) is 1.43. The molecular weight excluding hydrogens is 330 g/mol. The highest BCUT2D eigenvalue weighted by Gasteiger charge is 2.34. The molecule has 3 rings (SSSR count). The third kappa shape index (κ3) is 3.94. The molecule has 0 saturated heterocycles. The first-order chi connectivity index (χ1) is 12.5. The van der Waals surface area contributed by atoms with Crippen molar-refractivity contribution in [2.75, 3.05) is 20.3 Å². The topological polar surface area (TPSA) is 65.6 Å². The fourth-order valence-electron chi connectivity index (χ4n) is 4.12. The van der Waals surface area contributed by atoms with Gasteiger partial charge in [-0.15, -0.1) is 0 Å². The third-order valence-electron chi connectivity index (χ3n) is 5.47. The maximum Gasteiger partial charge on any atom is 0.248 e. The molecule has 0 spiro atoms. The molecule has 6 heteroatoms. The van der Waals surface area contributed by atoms with Gasteiger partial charge in [-0.1, -0.05) is 12.8 Å². The molecule has 2 heterocycles. The predicted molar refractivity (Wildman–Crippen MR) is 101 cm³/mol. The molecule has 2 unspecified atom stereocenters. The van der Waals surface area contributed by atoms with E-state index < -0.39 is 0 Å². The number of allylic oxidation sites excluding steroid dienone is 1. The number of ether oxygens (including phenoxy) is 1. The van der Waals surface area contributed by atoms with Gasteiger partial charge in [0.25, 0.3) is 0 Å². The molecular formula is C20H29N3O3. The summed E-state index contributed by atoms with van der Waals surface area (Å²) in [6.07, 6.45) is 9.19. The second-order valence-electron chi connectivity index (χ2n) is 7.71. The summed E-state index contributed by atoms with van der Waals surface area (Å²) in [7, 11) is 2.12. The number of H-pyrrole nitrogens is 1. The van der Waals surface area contributed by atoms with Crippen molar-refractivity contribution < 1.29 is 9.53 Å². The molecule has 1 saturated carbocycles. The number of nitrogens with one attached hydrogen (secondary N) is 1. The number of hydrogen-bond acceptors (Lipinski definition) is 5. The Morgan fingerprint density at radius 1 is 1.35 bits per heavy atom. The SMILES string of the molecule is CC(C)N1CN(C)C=C1C1CCCCC1COc1c[nH]c(=O)cc1C=O. The van der Waals surface area contributed by atoms with Crippen molar-refractivity contribution in [2.45, 2.75) is 45.6 Å². The molecule has 0 bridgehead atoms. The molecule has 1 aromatic heterocycles. The van der Waals surface area contributed by atoms with Gasteiger partial charge in [-0.2, -0.15) is 0 Å². The van der Waals surface area contributed by atoms with Crippen molar-refractivity contribution in [1.82, 2.24) is 14.8 Å². The van der Waals surface area contributed by atoms with Crippen molar-refractivity contribution in [3.05, 3.63) is 40.1 Å². The zero-order chi connectivity index (χ0) is 18.7. The number of aromatic nitrogens is 1. The van der Waals surface area contributed by atoms with Gasteiger partial charge in [0, 0.05) is 49.1 Å². The maximum atomic E-state index is 11.4. The van der Waals surface area contributed by atoms with Crippen molar-refractivity contribution in [2.24, 2.45) is 11.8 Å². The first-order valence-electron chi connectivity index (χ1n) is 9.49. The number of carbonyl (C=O) groups is 1. The van der Waals surface area contributed by atoms with E-state index in [1.54, 1.807) is 0 Å². The van der Waals surface area contributed by atoms with Gasteiger partial charge in [-0.25, -0.2) is 0 Å². The summed E-state index contributed by atoms with van der Waals surface area (Å²) in [4.78, 5) is 29.9. The monoisotopic (exact) mass is 359 g/mol. The van der Waals surface area contributed by atoms with Gasteiger partial charge >= 0.3 is 0 Å². The van der Waals surface area contributed by atoms with Crippen LogP contribution < -0.4 is 10.3 Å². The standard InChI is InChI=1S/C20H29N3O3/c1-14(2)23-13-22(3)10-18(23)17-7-5-4-6-15(17)12-26-19-9-21-20(25)8-16(19)11-24/h8-11,14-15,17H,4-7,12-13H2,1-3H3,(H,21,25). The van der Waals surface area contributed by atoms with E-state index in [9.17, 15) is 9.59 Å². The Bertz CT molecular complexity index is 725.